The Kier molecular flexibility index (Phi) is 4.76. The molecular weight excluding hydrogens is 352 g/mol. The number of nitriles is 1. The molecule has 1 saturated heterocycles. The smallest absolute Gasteiger partial charge is 0.102 e. The highest BCUT2D eigenvalue weighted by atomic mass is 15.1. The molecule has 1 atom stereocenters. The highest BCUT2D eigenvalue weighted by Gasteiger charge is 2.28. The van der Waals surface area contributed by atoms with Crippen LogP contribution in [-0.2, 0) is 6.42 Å². The van der Waals surface area contributed by atoms with E-state index in [1.165, 1.54) is 70.8 Å². The van der Waals surface area contributed by atoms with E-state index in [0.29, 0.717) is 5.92 Å². The number of piperidine rings is 1. The zero-order valence-electron chi connectivity index (χ0n) is 17.2. The van der Waals surface area contributed by atoms with Crippen LogP contribution >= 0.6 is 0 Å². The minimum atomic E-state index is 0.456. The Hall–Kier alpha value is -2.79. The summed E-state index contributed by atoms with van der Waals surface area (Å²) in [5.41, 5.74) is 7.48. The van der Waals surface area contributed by atoms with Crippen molar-refractivity contribution >= 4 is 16.5 Å². The molecule has 1 unspecified atom stereocenters. The Morgan fingerprint density at radius 2 is 1.72 bits per heavy atom. The molecule has 1 aliphatic carbocycles. The summed E-state index contributed by atoms with van der Waals surface area (Å²) in [4.78, 5) is 2.47. The summed E-state index contributed by atoms with van der Waals surface area (Å²) in [6.45, 7) is 4.45. The first kappa shape index (κ1) is 18.3. The van der Waals surface area contributed by atoms with Gasteiger partial charge < -0.3 is 4.90 Å². The van der Waals surface area contributed by atoms with Gasteiger partial charge >= 0.3 is 0 Å². The lowest BCUT2D eigenvalue weighted by molar-refractivity contribution is 0.571. The lowest BCUT2D eigenvalue weighted by atomic mass is 9.77. The molecule has 0 spiro atoms. The molecule has 2 nitrogen and oxygen atoms in total. The Balaban J connectivity index is 1.75. The first-order valence-electron chi connectivity index (χ1n) is 11.1. The van der Waals surface area contributed by atoms with E-state index >= 15 is 0 Å². The van der Waals surface area contributed by atoms with Gasteiger partial charge in [-0.3, -0.25) is 0 Å². The first-order chi connectivity index (χ1) is 14.3. The molecule has 5 rings (SSSR count). The topological polar surface area (TPSA) is 27.0 Å². The second-order valence-corrected chi connectivity index (χ2v) is 8.73. The number of hydrogen-bond acceptors (Lipinski definition) is 2. The Morgan fingerprint density at radius 1 is 0.931 bits per heavy atom. The van der Waals surface area contributed by atoms with Crippen LogP contribution in [0.5, 0.6) is 0 Å². The third-order valence-corrected chi connectivity index (χ3v) is 6.88. The minimum Gasteiger partial charge on any atom is -0.370 e. The van der Waals surface area contributed by atoms with Crippen molar-refractivity contribution in [3.8, 4) is 17.2 Å². The van der Waals surface area contributed by atoms with Crippen molar-refractivity contribution in [1.29, 1.82) is 5.26 Å². The summed E-state index contributed by atoms with van der Waals surface area (Å²) >= 11 is 0. The number of hydrogen-bond donors (Lipinski definition) is 0. The van der Waals surface area contributed by atoms with Gasteiger partial charge in [0.1, 0.15) is 6.07 Å². The van der Waals surface area contributed by atoms with Gasteiger partial charge in [-0.05, 0) is 89.6 Å². The van der Waals surface area contributed by atoms with Crippen molar-refractivity contribution in [2.24, 2.45) is 0 Å². The van der Waals surface area contributed by atoms with Crippen LogP contribution < -0.4 is 4.90 Å². The standard InChI is InChI=1S/C27H28N2/c1-19-8-7-11-23-24(22-13-12-20-9-3-4-10-21(20)16-22)17-26(25(18-28)27(19)23)29-14-5-2-6-15-29/h3-4,9-10,12-13,16-17,19H,2,5-8,11,14-15H2,1H3. The zero-order chi connectivity index (χ0) is 19.8. The van der Waals surface area contributed by atoms with Gasteiger partial charge in [0.05, 0.1) is 11.3 Å². The fourth-order valence-electron chi connectivity index (χ4n) is 5.39. The van der Waals surface area contributed by atoms with Gasteiger partial charge in [0, 0.05) is 13.1 Å². The monoisotopic (exact) mass is 380 g/mol. The summed E-state index contributed by atoms with van der Waals surface area (Å²) in [5.74, 6) is 0.456. The van der Waals surface area contributed by atoms with E-state index in [0.717, 1.165) is 25.1 Å². The van der Waals surface area contributed by atoms with E-state index in [2.05, 4.69) is 66.4 Å². The fourth-order valence-corrected chi connectivity index (χ4v) is 5.39. The van der Waals surface area contributed by atoms with Crippen LogP contribution in [0.15, 0.2) is 48.5 Å². The van der Waals surface area contributed by atoms with Crippen molar-refractivity contribution < 1.29 is 0 Å². The van der Waals surface area contributed by atoms with E-state index in [-0.39, 0.29) is 0 Å². The quantitative estimate of drug-likeness (QED) is 0.488. The molecule has 0 aromatic heterocycles. The summed E-state index contributed by atoms with van der Waals surface area (Å²) < 4.78 is 0. The summed E-state index contributed by atoms with van der Waals surface area (Å²) in [7, 11) is 0. The lowest BCUT2D eigenvalue weighted by Gasteiger charge is -2.34. The number of rotatable bonds is 2. The van der Waals surface area contributed by atoms with Gasteiger partial charge in [0.2, 0.25) is 0 Å². The fraction of sp³-hybridized carbons (Fsp3) is 0.370. The maximum absolute atomic E-state index is 10.1. The van der Waals surface area contributed by atoms with Crippen molar-refractivity contribution in [2.45, 2.75) is 51.4 Å². The molecule has 0 radical (unpaired) electrons. The van der Waals surface area contributed by atoms with E-state index in [1.54, 1.807) is 0 Å². The number of benzene rings is 3. The van der Waals surface area contributed by atoms with Gasteiger partial charge in [-0.2, -0.15) is 5.26 Å². The SMILES string of the molecule is CC1CCCc2c(-c3ccc4ccccc4c3)cc(N3CCCCC3)c(C#N)c21. The molecule has 1 heterocycles. The van der Waals surface area contributed by atoms with Crippen LogP contribution in [0, 0.1) is 11.3 Å². The van der Waals surface area contributed by atoms with Crippen LogP contribution in [0.25, 0.3) is 21.9 Å². The second-order valence-electron chi connectivity index (χ2n) is 8.73. The predicted molar refractivity (Wildman–Crippen MR) is 122 cm³/mol. The maximum atomic E-state index is 10.1. The summed E-state index contributed by atoms with van der Waals surface area (Å²) in [6, 6.07) is 20.4. The van der Waals surface area contributed by atoms with E-state index < -0.39 is 0 Å². The van der Waals surface area contributed by atoms with E-state index in [9.17, 15) is 5.26 Å². The lowest BCUT2D eigenvalue weighted by Crippen LogP contribution is -2.31. The van der Waals surface area contributed by atoms with Gasteiger partial charge in [-0.1, -0.05) is 43.3 Å². The van der Waals surface area contributed by atoms with Gasteiger partial charge in [0.15, 0.2) is 0 Å². The molecule has 0 saturated carbocycles. The minimum absolute atomic E-state index is 0.456. The highest BCUT2D eigenvalue weighted by Crippen LogP contribution is 2.44. The zero-order valence-corrected chi connectivity index (χ0v) is 17.2. The van der Waals surface area contributed by atoms with Crippen LogP contribution in [0.1, 0.15) is 61.6 Å². The molecule has 3 aromatic rings. The predicted octanol–water partition coefficient (Wildman–Crippen LogP) is 6.81. The third-order valence-electron chi connectivity index (χ3n) is 6.88. The molecule has 2 heteroatoms. The van der Waals surface area contributed by atoms with Crippen molar-refractivity contribution in [3.63, 3.8) is 0 Å². The van der Waals surface area contributed by atoms with Crippen molar-refractivity contribution in [3.05, 3.63) is 65.2 Å². The number of fused-ring (bicyclic) bond motifs is 2. The first-order valence-corrected chi connectivity index (χ1v) is 11.1. The Labute approximate surface area is 173 Å². The van der Waals surface area contributed by atoms with Gasteiger partial charge in [-0.25, -0.2) is 0 Å². The van der Waals surface area contributed by atoms with Gasteiger partial charge in [0.25, 0.3) is 0 Å². The molecular formula is C27H28N2. The molecule has 0 amide bonds. The Morgan fingerprint density at radius 3 is 2.52 bits per heavy atom. The van der Waals surface area contributed by atoms with Crippen LogP contribution in [0.2, 0.25) is 0 Å². The highest BCUT2D eigenvalue weighted by molar-refractivity contribution is 5.89. The normalized spacial score (nSPS) is 19.0. The molecule has 1 fully saturated rings. The second kappa shape index (κ2) is 7.56. The molecule has 2 aliphatic rings. The van der Waals surface area contributed by atoms with Crippen molar-refractivity contribution in [1.82, 2.24) is 0 Å². The largest absolute Gasteiger partial charge is 0.370 e. The molecule has 29 heavy (non-hydrogen) atoms. The average molecular weight is 381 g/mol. The molecule has 1 aliphatic heterocycles. The average Bonchev–Trinajstić information content (AvgIpc) is 2.78. The van der Waals surface area contributed by atoms with Crippen LogP contribution in [0.3, 0.4) is 0 Å². The molecule has 0 N–H and O–H groups in total. The molecule has 146 valence electrons. The molecule has 0 bridgehead atoms. The summed E-state index contributed by atoms with van der Waals surface area (Å²) in [5, 5.41) is 12.7. The van der Waals surface area contributed by atoms with E-state index in [4.69, 9.17) is 0 Å². The molecule has 3 aromatic carbocycles. The Bertz CT molecular complexity index is 1100. The van der Waals surface area contributed by atoms with Crippen LogP contribution in [-0.4, -0.2) is 13.1 Å². The van der Waals surface area contributed by atoms with Crippen LogP contribution in [0.4, 0.5) is 5.69 Å². The number of anilines is 1. The number of nitrogens with zero attached hydrogens (tertiary/aromatic N) is 2. The maximum Gasteiger partial charge on any atom is 0.102 e. The third kappa shape index (κ3) is 3.19. The summed E-state index contributed by atoms with van der Waals surface area (Å²) in [6.07, 6.45) is 7.23. The van der Waals surface area contributed by atoms with E-state index in [1.807, 2.05) is 0 Å². The van der Waals surface area contributed by atoms with Gasteiger partial charge in [-0.15, -0.1) is 0 Å². The van der Waals surface area contributed by atoms with Crippen molar-refractivity contribution in [2.75, 3.05) is 18.0 Å².